The molecule has 184 valence electrons. The number of pyridine rings is 1. The van der Waals surface area contributed by atoms with E-state index in [0.29, 0.717) is 23.6 Å². The summed E-state index contributed by atoms with van der Waals surface area (Å²) in [7, 11) is 3.52. The fraction of sp³-hybridized carbons (Fsp3) is 0.250. The number of carbonyl (C=O) groups is 1. The van der Waals surface area contributed by atoms with Crippen molar-refractivity contribution in [3.8, 4) is 5.88 Å². The number of ether oxygens (including phenoxy) is 1. The maximum atomic E-state index is 14.0. The van der Waals surface area contributed by atoms with Crippen molar-refractivity contribution in [3.05, 3.63) is 93.5 Å². The summed E-state index contributed by atoms with van der Waals surface area (Å²) < 4.78 is 10.6. The van der Waals surface area contributed by atoms with E-state index in [-0.39, 0.29) is 12.1 Å². The van der Waals surface area contributed by atoms with Crippen LogP contribution in [0.5, 0.6) is 5.88 Å². The van der Waals surface area contributed by atoms with Gasteiger partial charge in [-0.3, -0.25) is 13.9 Å². The van der Waals surface area contributed by atoms with Gasteiger partial charge in [0.25, 0.3) is 0 Å². The monoisotopic (exact) mass is 484 g/mol. The minimum atomic E-state index is -1.00. The summed E-state index contributed by atoms with van der Waals surface area (Å²) >= 11 is 0. The number of imidazole rings is 1. The molecule has 0 bridgehead atoms. The summed E-state index contributed by atoms with van der Waals surface area (Å²) in [6, 6.07) is 16.3. The average molecular weight is 485 g/mol. The van der Waals surface area contributed by atoms with Crippen molar-refractivity contribution in [2.75, 3.05) is 7.11 Å². The van der Waals surface area contributed by atoms with Crippen molar-refractivity contribution in [2.24, 2.45) is 7.05 Å². The lowest BCUT2D eigenvalue weighted by Crippen LogP contribution is -2.29. The van der Waals surface area contributed by atoms with Crippen molar-refractivity contribution in [3.63, 3.8) is 0 Å². The van der Waals surface area contributed by atoms with E-state index in [0.717, 1.165) is 27.6 Å². The van der Waals surface area contributed by atoms with E-state index >= 15 is 0 Å². The third-order valence-corrected chi connectivity index (χ3v) is 6.70. The molecule has 5 rings (SSSR count). The van der Waals surface area contributed by atoms with Crippen LogP contribution in [0.2, 0.25) is 0 Å². The maximum Gasteiger partial charge on any atom is 0.331 e. The molecule has 36 heavy (non-hydrogen) atoms. The molecule has 3 aromatic heterocycles. The lowest BCUT2D eigenvalue weighted by molar-refractivity contribution is -0.137. The Morgan fingerprint density at radius 3 is 2.53 bits per heavy atom. The van der Waals surface area contributed by atoms with E-state index in [1.807, 2.05) is 43.4 Å². The molecule has 0 amide bonds. The molecule has 1 N–H and O–H groups in total. The first-order chi connectivity index (χ1) is 17.3. The second kappa shape index (κ2) is 9.03. The van der Waals surface area contributed by atoms with Crippen molar-refractivity contribution in [2.45, 2.75) is 32.9 Å². The topological polar surface area (TPSA) is 91.3 Å². The molecular formula is C28H28N4O4. The van der Waals surface area contributed by atoms with E-state index in [2.05, 4.69) is 41.7 Å². The average Bonchev–Trinajstić information content (AvgIpc) is 3.31. The van der Waals surface area contributed by atoms with Crippen LogP contribution in [0.15, 0.2) is 65.6 Å². The van der Waals surface area contributed by atoms with Gasteiger partial charge in [-0.1, -0.05) is 36.4 Å². The second-order valence-electron chi connectivity index (χ2n) is 9.20. The highest BCUT2D eigenvalue weighted by atomic mass is 16.5. The molecule has 0 spiro atoms. The van der Waals surface area contributed by atoms with Crippen LogP contribution in [-0.4, -0.2) is 36.9 Å². The van der Waals surface area contributed by atoms with Gasteiger partial charge in [0.05, 0.1) is 31.6 Å². The van der Waals surface area contributed by atoms with E-state index in [9.17, 15) is 14.7 Å². The number of benzene rings is 2. The number of hydrogen-bond acceptors (Lipinski definition) is 4. The van der Waals surface area contributed by atoms with Crippen molar-refractivity contribution in [1.82, 2.24) is 18.7 Å². The Morgan fingerprint density at radius 2 is 1.83 bits per heavy atom. The van der Waals surface area contributed by atoms with Gasteiger partial charge < -0.3 is 14.4 Å². The molecule has 0 aliphatic rings. The fourth-order valence-electron chi connectivity index (χ4n) is 5.18. The Kier molecular flexibility index (Phi) is 5.88. The molecule has 8 heteroatoms. The number of carboxylic acids is 1. The zero-order valence-electron chi connectivity index (χ0n) is 20.7. The molecule has 0 saturated carbocycles. The number of methoxy groups -OCH3 is 1. The minimum absolute atomic E-state index is 0.255. The first-order valence-corrected chi connectivity index (χ1v) is 11.8. The summed E-state index contributed by atoms with van der Waals surface area (Å²) in [6.07, 6.45) is 1.80. The summed E-state index contributed by atoms with van der Waals surface area (Å²) in [6.45, 7) is 4.48. The minimum Gasteiger partial charge on any atom is -0.481 e. The number of carboxylic acid groups (broad SMARTS) is 1. The Morgan fingerprint density at radius 1 is 1.08 bits per heavy atom. The van der Waals surface area contributed by atoms with Crippen molar-refractivity contribution in [1.29, 1.82) is 0 Å². The Labute approximate surface area is 208 Å². The van der Waals surface area contributed by atoms with Gasteiger partial charge >= 0.3 is 11.7 Å². The number of hydrogen-bond donors (Lipinski definition) is 1. The number of aromatic nitrogens is 4. The number of aryl methyl sites for hydroxylation is 3. The summed E-state index contributed by atoms with van der Waals surface area (Å²) in [4.78, 5) is 30.5. The molecule has 1 unspecified atom stereocenters. The third kappa shape index (κ3) is 3.94. The molecule has 5 aromatic rings. The van der Waals surface area contributed by atoms with Crippen molar-refractivity contribution >= 4 is 28.0 Å². The van der Waals surface area contributed by atoms with Gasteiger partial charge in [0, 0.05) is 30.2 Å². The molecule has 2 aromatic carbocycles. The second-order valence-corrected chi connectivity index (χ2v) is 9.20. The Bertz CT molecular complexity index is 1660. The highest BCUT2D eigenvalue weighted by Crippen LogP contribution is 2.29. The molecular weight excluding hydrogens is 456 g/mol. The van der Waals surface area contributed by atoms with Crippen LogP contribution < -0.4 is 10.4 Å². The van der Waals surface area contributed by atoms with E-state index in [1.54, 1.807) is 10.6 Å². The van der Waals surface area contributed by atoms with Crippen molar-refractivity contribution < 1.29 is 14.6 Å². The maximum absolute atomic E-state index is 14.0. The number of nitrogens with zero attached hydrogens (tertiary/aromatic N) is 4. The quantitative estimate of drug-likeness (QED) is 0.369. The summed E-state index contributed by atoms with van der Waals surface area (Å²) in [5.41, 5.74) is 5.85. The Hall–Kier alpha value is -4.33. The predicted octanol–water partition coefficient (Wildman–Crippen LogP) is 4.43. The lowest BCUT2D eigenvalue weighted by Gasteiger charge is -2.17. The van der Waals surface area contributed by atoms with Gasteiger partial charge in [-0.05, 0) is 48.2 Å². The van der Waals surface area contributed by atoms with Crippen LogP contribution in [0.3, 0.4) is 0 Å². The standard InChI is InChI=1S/C28H28N4O4/c1-17-12-18(2)26-20(15-30(3)23(26)13-17)16-31-21-10-11-24(36-4)29-27(21)32(28(31)35)22(14-25(33)34)19-8-6-5-7-9-19/h5-13,15,22H,14,16H2,1-4H3,(H,33,34). The first-order valence-electron chi connectivity index (χ1n) is 11.8. The molecule has 0 aliphatic heterocycles. The molecule has 0 radical (unpaired) electrons. The van der Waals surface area contributed by atoms with Crippen LogP contribution in [0.25, 0.3) is 22.1 Å². The highest BCUT2D eigenvalue weighted by molar-refractivity contribution is 5.88. The van der Waals surface area contributed by atoms with Gasteiger partial charge in [0.15, 0.2) is 5.65 Å². The zero-order chi connectivity index (χ0) is 25.6. The smallest absolute Gasteiger partial charge is 0.331 e. The largest absolute Gasteiger partial charge is 0.481 e. The predicted molar refractivity (Wildman–Crippen MR) is 139 cm³/mol. The molecule has 8 nitrogen and oxygen atoms in total. The highest BCUT2D eigenvalue weighted by Gasteiger charge is 2.26. The summed E-state index contributed by atoms with van der Waals surface area (Å²) in [5.74, 6) is -0.647. The summed E-state index contributed by atoms with van der Waals surface area (Å²) in [5, 5.41) is 10.8. The van der Waals surface area contributed by atoms with E-state index in [4.69, 9.17) is 4.74 Å². The van der Waals surface area contributed by atoms with Gasteiger partial charge in [0.1, 0.15) is 0 Å². The molecule has 1 atom stereocenters. The molecule has 0 saturated heterocycles. The van der Waals surface area contributed by atoms with E-state index < -0.39 is 12.0 Å². The van der Waals surface area contributed by atoms with Crippen LogP contribution in [0.4, 0.5) is 0 Å². The zero-order valence-corrected chi connectivity index (χ0v) is 20.7. The van der Waals surface area contributed by atoms with Gasteiger partial charge in [-0.2, -0.15) is 4.98 Å². The SMILES string of the molecule is COc1ccc2c(n1)n(C(CC(=O)O)c1ccccc1)c(=O)n2Cc1cn(C)c2cc(C)cc(C)c12. The number of aliphatic carboxylic acids is 1. The first kappa shape index (κ1) is 23.4. The van der Waals surface area contributed by atoms with Gasteiger partial charge in [0.2, 0.25) is 5.88 Å². The van der Waals surface area contributed by atoms with Crippen LogP contribution in [-0.2, 0) is 18.4 Å². The normalized spacial score (nSPS) is 12.3. The van der Waals surface area contributed by atoms with Crippen LogP contribution in [0.1, 0.15) is 34.7 Å². The molecule has 3 heterocycles. The number of fused-ring (bicyclic) bond motifs is 2. The molecule has 0 fully saturated rings. The molecule has 0 aliphatic carbocycles. The lowest BCUT2D eigenvalue weighted by atomic mass is 10.0. The van der Waals surface area contributed by atoms with Crippen LogP contribution >= 0.6 is 0 Å². The number of rotatable bonds is 7. The van der Waals surface area contributed by atoms with Gasteiger partial charge in [-0.25, -0.2) is 4.79 Å². The Balaban J connectivity index is 1.76. The van der Waals surface area contributed by atoms with Gasteiger partial charge in [-0.15, -0.1) is 0 Å². The van der Waals surface area contributed by atoms with E-state index in [1.165, 1.54) is 17.2 Å². The van der Waals surface area contributed by atoms with Crippen LogP contribution in [0, 0.1) is 13.8 Å². The third-order valence-electron chi connectivity index (χ3n) is 6.70. The fourth-order valence-corrected chi connectivity index (χ4v) is 5.18.